The van der Waals surface area contributed by atoms with E-state index in [-0.39, 0.29) is 9.52 Å². The molecule has 0 N–H and O–H groups in total. The van der Waals surface area contributed by atoms with Crippen LogP contribution >= 0.6 is 11.6 Å². The zero-order valence-corrected chi connectivity index (χ0v) is 8.52. The standard InChI is InChI=1S/C8H15ClSi/c9-6-7-10-8-4-2-1-3-5-8/h6-8H,1-5,10H2. The van der Waals surface area contributed by atoms with Crippen molar-refractivity contribution in [2.45, 2.75) is 37.6 Å². The maximum atomic E-state index is 5.47. The average Bonchev–Trinajstić information content (AvgIpc) is 2.03. The van der Waals surface area contributed by atoms with Gasteiger partial charge in [-0.15, -0.1) is 0 Å². The first-order valence-electron chi connectivity index (χ1n) is 4.18. The van der Waals surface area contributed by atoms with Crippen LogP contribution in [-0.2, 0) is 0 Å². The number of halogens is 1. The summed E-state index contributed by atoms with van der Waals surface area (Å²) in [5.74, 6) is 0. The minimum Gasteiger partial charge on any atom is -0.0937 e. The highest BCUT2D eigenvalue weighted by atomic mass is 35.5. The van der Waals surface area contributed by atoms with Crippen LogP contribution in [0.2, 0.25) is 5.54 Å². The van der Waals surface area contributed by atoms with Crippen molar-refractivity contribution in [3.8, 4) is 0 Å². The third-order valence-corrected chi connectivity index (χ3v) is 4.75. The van der Waals surface area contributed by atoms with Gasteiger partial charge in [-0.05, 0) is 11.1 Å². The summed E-state index contributed by atoms with van der Waals surface area (Å²) >= 11 is 5.47. The van der Waals surface area contributed by atoms with E-state index in [0.717, 1.165) is 5.54 Å². The molecule has 0 aromatic carbocycles. The van der Waals surface area contributed by atoms with Gasteiger partial charge in [0, 0.05) is 9.52 Å². The third kappa shape index (κ3) is 2.89. The van der Waals surface area contributed by atoms with Gasteiger partial charge >= 0.3 is 0 Å². The maximum absolute atomic E-state index is 5.47. The Morgan fingerprint density at radius 2 is 1.90 bits per heavy atom. The highest BCUT2D eigenvalue weighted by Gasteiger charge is 2.11. The van der Waals surface area contributed by atoms with Crippen molar-refractivity contribution in [1.82, 2.24) is 0 Å². The fraction of sp³-hybridized carbons (Fsp3) is 0.750. The van der Waals surface area contributed by atoms with Crippen LogP contribution in [0.3, 0.4) is 0 Å². The Bertz CT molecular complexity index is 106. The lowest BCUT2D eigenvalue weighted by atomic mass is 10.0. The van der Waals surface area contributed by atoms with Crippen LogP contribution < -0.4 is 0 Å². The van der Waals surface area contributed by atoms with Crippen LogP contribution in [0.4, 0.5) is 0 Å². The minimum atomic E-state index is 0.0530. The second kappa shape index (κ2) is 4.97. The molecule has 1 fully saturated rings. The topological polar surface area (TPSA) is 0 Å². The lowest BCUT2D eigenvalue weighted by Gasteiger charge is -2.18. The highest BCUT2D eigenvalue weighted by Crippen LogP contribution is 2.27. The van der Waals surface area contributed by atoms with E-state index in [0.29, 0.717) is 0 Å². The van der Waals surface area contributed by atoms with Gasteiger partial charge in [0.25, 0.3) is 0 Å². The van der Waals surface area contributed by atoms with Crippen LogP contribution in [-0.4, -0.2) is 9.52 Å². The van der Waals surface area contributed by atoms with Crippen LogP contribution in [0.5, 0.6) is 0 Å². The third-order valence-electron chi connectivity index (χ3n) is 2.28. The number of rotatable bonds is 2. The van der Waals surface area contributed by atoms with E-state index in [1.54, 1.807) is 5.54 Å². The summed E-state index contributed by atoms with van der Waals surface area (Å²) in [6.45, 7) is 0. The van der Waals surface area contributed by atoms with Gasteiger partial charge < -0.3 is 0 Å². The van der Waals surface area contributed by atoms with Crippen molar-refractivity contribution in [1.29, 1.82) is 0 Å². The molecule has 1 saturated carbocycles. The highest BCUT2D eigenvalue weighted by molar-refractivity contribution is 6.46. The molecular weight excluding hydrogens is 160 g/mol. The zero-order chi connectivity index (χ0) is 7.23. The van der Waals surface area contributed by atoms with Crippen molar-refractivity contribution < 1.29 is 0 Å². The molecule has 0 atom stereocenters. The molecule has 0 aromatic rings. The van der Waals surface area contributed by atoms with Gasteiger partial charge in [0.15, 0.2) is 0 Å². The van der Waals surface area contributed by atoms with Crippen molar-refractivity contribution in [3.63, 3.8) is 0 Å². The lowest BCUT2D eigenvalue weighted by Crippen LogP contribution is -2.05. The van der Waals surface area contributed by atoms with Crippen LogP contribution in [0.15, 0.2) is 11.2 Å². The molecule has 1 aliphatic rings. The molecule has 0 unspecified atom stereocenters. The van der Waals surface area contributed by atoms with E-state index in [9.17, 15) is 0 Å². The van der Waals surface area contributed by atoms with Crippen LogP contribution in [0, 0.1) is 0 Å². The molecule has 0 heterocycles. The van der Waals surface area contributed by atoms with E-state index in [1.165, 1.54) is 32.1 Å². The maximum Gasteiger partial charge on any atom is 0.0496 e. The lowest BCUT2D eigenvalue weighted by molar-refractivity contribution is 0.502. The second-order valence-electron chi connectivity index (χ2n) is 3.10. The van der Waals surface area contributed by atoms with Crippen molar-refractivity contribution in [3.05, 3.63) is 11.2 Å². The first kappa shape index (κ1) is 8.34. The molecule has 2 heteroatoms. The predicted octanol–water partition coefficient (Wildman–Crippen LogP) is 2.62. The smallest absolute Gasteiger partial charge is 0.0496 e. The van der Waals surface area contributed by atoms with E-state index >= 15 is 0 Å². The summed E-state index contributed by atoms with van der Waals surface area (Å²) in [5, 5.41) is 0. The van der Waals surface area contributed by atoms with Crippen molar-refractivity contribution >= 4 is 21.1 Å². The molecule has 0 nitrogen and oxygen atoms in total. The summed E-state index contributed by atoms with van der Waals surface area (Å²) in [5.41, 5.74) is 5.00. The largest absolute Gasteiger partial charge is 0.0937 e. The Morgan fingerprint density at radius 1 is 1.20 bits per heavy atom. The Kier molecular flexibility index (Phi) is 4.15. The summed E-state index contributed by atoms with van der Waals surface area (Å²) in [7, 11) is 0.0530. The molecule has 0 aliphatic heterocycles. The van der Waals surface area contributed by atoms with Crippen LogP contribution in [0.25, 0.3) is 0 Å². The molecule has 0 bridgehead atoms. The molecule has 10 heavy (non-hydrogen) atoms. The zero-order valence-electron chi connectivity index (χ0n) is 6.35. The predicted molar refractivity (Wildman–Crippen MR) is 50.4 cm³/mol. The van der Waals surface area contributed by atoms with E-state index in [1.807, 2.05) is 0 Å². The van der Waals surface area contributed by atoms with Gasteiger partial charge in [-0.2, -0.15) is 0 Å². The number of hydrogen-bond donors (Lipinski definition) is 0. The van der Waals surface area contributed by atoms with Gasteiger partial charge in [0.2, 0.25) is 0 Å². The molecule has 0 amide bonds. The molecule has 58 valence electrons. The molecule has 1 aliphatic carbocycles. The van der Waals surface area contributed by atoms with Gasteiger partial charge in [-0.3, -0.25) is 0 Å². The SMILES string of the molecule is ClC=C[SiH2]C1CCCCC1. The van der Waals surface area contributed by atoms with Crippen molar-refractivity contribution in [2.24, 2.45) is 0 Å². The molecule has 0 spiro atoms. The van der Waals surface area contributed by atoms with Gasteiger partial charge in [-0.25, -0.2) is 0 Å². The number of hydrogen-bond acceptors (Lipinski definition) is 0. The Balaban J connectivity index is 2.13. The van der Waals surface area contributed by atoms with E-state index in [4.69, 9.17) is 11.6 Å². The van der Waals surface area contributed by atoms with E-state index < -0.39 is 0 Å². The minimum absolute atomic E-state index is 0.0530. The monoisotopic (exact) mass is 174 g/mol. The van der Waals surface area contributed by atoms with Gasteiger partial charge in [0.05, 0.1) is 0 Å². The summed E-state index contributed by atoms with van der Waals surface area (Å²) in [6, 6.07) is 0. The fourth-order valence-electron chi connectivity index (χ4n) is 1.67. The molecule has 0 radical (unpaired) electrons. The Hall–Kier alpha value is 0.247. The van der Waals surface area contributed by atoms with Crippen LogP contribution in [0.1, 0.15) is 32.1 Å². The van der Waals surface area contributed by atoms with Crippen molar-refractivity contribution in [2.75, 3.05) is 0 Å². The Morgan fingerprint density at radius 3 is 2.50 bits per heavy atom. The summed E-state index contributed by atoms with van der Waals surface area (Å²) in [4.78, 5) is 0. The van der Waals surface area contributed by atoms with E-state index in [2.05, 4.69) is 5.70 Å². The van der Waals surface area contributed by atoms with Gasteiger partial charge in [0.1, 0.15) is 0 Å². The first-order chi connectivity index (χ1) is 4.93. The molecular formula is C8H15ClSi. The fourth-order valence-corrected chi connectivity index (χ4v) is 3.51. The molecule has 1 rings (SSSR count). The molecule has 0 aromatic heterocycles. The second-order valence-corrected chi connectivity index (χ2v) is 5.45. The quantitative estimate of drug-likeness (QED) is 0.565. The Labute approximate surface area is 70.5 Å². The summed E-state index contributed by atoms with van der Waals surface area (Å²) < 4.78 is 0. The molecule has 0 saturated heterocycles. The van der Waals surface area contributed by atoms with Gasteiger partial charge in [-0.1, -0.05) is 49.4 Å². The first-order valence-corrected chi connectivity index (χ1v) is 6.25. The summed E-state index contributed by atoms with van der Waals surface area (Å²) in [6.07, 6.45) is 7.36. The average molecular weight is 175 g/mol. The normalized spacial score (nSPS) is 23.3.